The Balaban J connectivity index is 1.78. The Bertz CT molecular complexity index is 844. The molecule has 8 nitrogen and oxygen atoms in total. The van der Waals surface area contributed by atoms with Crippen molar-refractivity contribution < 1.29 is 26.7 Å². The van der Waals surface area contributed by atoms with Crippen LogP contribution < -0.4 is 4.72 Å². The van der Waals surface area contributed by atoms with Crippen LogP contribution in [0.15, 0.2) is 34.1 Å². The van der Waals surface area contributed by atoms with Gasteiger partial charge in [0.1, 0.15) is 0 Å². The molecule has 2 aliphatic rings. The first-order valence-electron chi connectivity index (χ1n) is 7.55. The molecule has 1 saturated carbocycles. The van der Waals surface area contributed by atoms with Gasteiger partial charge >= 0.3 is 5.97 Å². The number of nitrogens with one attached hydrogen (secondary N) is 1. The molecule has 1 atom stereocenters. The van der Waals surface area contributed by atoms with Crippen LogP contribution in [0, 0.1) is 5.92 Å². The Kier molecular flexibility index (Phi) is 4.41. The number of carboxylic acid groups (broad SMARTS) is 1. The van der Waals surface area contributed by atoms with Crippen molar-refractivity contribution in [2.75, 3.05) is 13.1 Å². The standard InChI is InChI=1S/C14H18N2O6S2/c17-14(18)10-7-8-16(9-10)24(21,22)13-5-3-12(4-6-13)23(19,20)15-11-1-2-11/h3-6,10-11,15H,1-2,7-9H2,(H,17,18). The van der Waals surface area contributed by atoms with E-state index in [1.54, 1.807) is 0 Å². The molecule has 0 aromatic heterocycles. The average molecular weight is 374 g/mol. The Morgan fingerprint density at radius 2 is 1.62 bits per heavy atom. The van der Waals surface area contributed by atoms with E-state index in [1.165, 1.54) is 24.3 Å². The van der Waals surface area contributed by atoms with Crippen molar-refractivity contribution >= 4 is 26.0 Å². The van der Waals surface area contributed by atoms with E-state index in [0.717, 1.165) is 17.1 Å². The molecule has 0 bridgehead atoms. The van der Waals surface area contributed by atoms with Crippen LogP contribution in [-0.2, 0) is 24.8 Å². The van der Waals surface area contributed by atoms with E-state index in [1.807, 2.05) is 0 Å². The summed E-state index contributed by atoms with van der Waals surface area (Å²) in [4.78, 5) is 10.9. The summed E-state index contributed by atoms with van der Waals surface area (Å²) in [6, 6.07) is 4.96. The van der Waals surface area contributed by atoms with Crippen molar-refractivity contribution in [2.24, 2.45) is 5.92 Å². The van der Waals surface area contributed by atoms with E-state index < -0.39 is 31.9 Å². The van der Waals surface area contributed by atoms with Gasteiger partial charge < -0.3 is 5.11 Å². The Hall–Kier alpha value is -1.49. The zero-order valence-corrected chi connectivity index (χ0v) is 14.4. The highest BCUT2D eigenvalue weighted by Crippen LogP contribution is 2.26. The quantitative estimate of drug-likeness (QED) is 0.735. The number of carbonyl (C=O) groups is 1. The van der Waals surface area contributed by atoms with Gasteiger partial charge in [0.05, 0.1) is 15.7 Å². The zero-order chi connectivity index (χ0) is 17.5. The highest BCUT2D eigenvalue weighted by molar-refractivity contribution is 7.89. The molecule has 1 aromatic carbocycles. The summed E-state index contributed by atoms with van der Waals surface area (Å²) >= 11 is 0. The first kappa shape index (κ1) is 17.3. The van der Waals surface area contributed by atoms with Gasteiger partial charge in [0.2, 0.25) is 20.0 Å². The molecule has 10 heteroatoms. The summed E-state index contributed by atoms with van der Waals surface area (Å²) in [6.07, 6.45) is 1.89. The molecule has 2 N–H and O–H groups in total. The van der Waals surface area contributed by atoms with Gasteiger partial charge in [0, 0.05) is 19.1 Å². The van der Waals surface area contributed by atoms with Crippen molar-refractivity contribution in [3.05, 3.63) is 24.3 Å². The third-order valence-corrected chi connectivity index (χ3v) is 7.59. The maximum absolute atomic E-state index is 12.5. The van der Waals surface area contributed by atoms with Gasteiger partial charge in [-0.1, -0.05) is 0 Å². The first-order valence-corrected chi connectivity index (χ1v) is 10.5. The van der Waals surface area contributed by atoms with Crippen molar-refractivity contribution in [2.45, 2.75) is 35.1 Å². The fourth-order valence-corrected chi connectivity index (χ4v) is 5.38. The predicted octanol–water partition coefficient (Wildman–Crippen LogP) is 0.223. The topological polar surface area (TPSA) is 121 Å². The molecular formula is C14H18N2O6S2. The molecule has 132 valence electrons. The Morgan fingerprint density at radius 1 is 1.04 bits per heavy atom. The largest absolute Gasteiger partial charge is 0.481 e. The number of benzene rings is 1. The molecule has 1 aliphatic heterocycles. The number of hydrogen-bond donors (Lipinski definition) is 2. The number of aliphatic carboxylic acids is 1. The fraction of sp³-hybridized carbons (Fsp3) is 0.500. The zero-order valence-electron chi connectivity index (χ0n) is 12.8. The van der Waals surface area contributed by atoms with Crippen LogP contribution in [0.3, 0.4) is 0 Å². The summed E-state index contributed by atoms with van der Waals surface area (Å²) in [5, 5.41) is 8.98. The third-order valence-electron chi connectivity index (χ3n) is 4.17. The van der Waals surface area contributed by atoms with Gasteiger partial charge in [-0.25, -0.2) is 21.6 Å². The lowest BCUT2D eigenvalue weighted by Crippen LogP contribution is -2.30. The Morgan fingerprint density at radius 3 is 2.12 bits per heavy atom. The van der Waals surface area contributed by atoms with E-state index in [-0.39, 0.29) is 35.3 Å². The molecule has 1 heterocycles. The minimum absolute atomic E-state index is 0.0122. The first-order chi connectivity index (χ1) is 11.2. The lowest BCUT2D eigenvalue weighted by molar-refractivity contribution is -0.141. The van der Waals surface area contributed by atoms with Crippen molar-refractivity contribution in [1.29, 1.82) is 0 Å². The van der Waals surface area contributed by atoms with Gasteiger partial charge in [-0.2, -0.15) is 4.31 Å². The normalized spacial score (nSPS) is 22.6. The molecule has 3 rings (SSSR count). The van der Waals surface area contributed by atoms with Crippen LogP contribution in [0.5, 0.6) is 0 Å². The number of hydrogen-bond acceptors (Lipinski definition) is 5. The van der Waals surface area contributed by atoms with Crippen LogP contribution >= 0.6 is 0 Å². The summed E-state index contributed by atoms with van der Waals surface area (Å²) in [7, 11) is -7.46. The van der Waals surface area contributed by atoms with Crippen LogP contribution in [-0.4, -0.2) is 51.3 Å². The highest BCUT2D eigenvalue weighted by Gasteiger charge is 2.36. The van der Waals surface area contributed by atoms with Crippen molar-refractivity contribution in [3.63, 3.8) is 0 Å². The molecule has 2 fully saturated rings. The Labute approximate surface area is 140 Å². The molecular weight excluding hydrogens is 356 g/mol. The van der Waals surface area contributed by atoms with Gasteiger partial charge in [0.25, 0.3) is 0 Å². The van der Waals surface area contributed by atoms with Gasteiger partial charge in [0.15, 0.2) is 0 Å². The van der Waals surface area contributed by atoms with E-state index in [9.17, 15) is 21.6 Å². The average Bonchev–Trinajstić information content (AvgIpc) is 3.17. The van der Waals surface area contributed by atoms with E-state index in [2.05, 4.69) is 4.72 Å². The van der Waals surface area contributed by atoms with E-state index in [0.29, 0.717) is 0 Å². The number of nitrogens with zero attached hydrogens (tertiary/aromatic N) is 1. The van der Waals surface area contributed by atoms with E-state index >= 15 is 0 Å². The molecule has 0 radical (unpaired) electrons. The fourth-order valence-electron chi connectivity index (χ4n) is 2.58. The maximum Gasteiger partial charge on any atom is 0.307 e. The lowest BCUT2D eigenvalue weighted by Gasteiger charge is -2.16. The summed E-state index contributed by atoms with van der Waals surface area (Å²) in [5.41, 5.74) is 0. The van der Waals surface area contributed by atoms with Crippen molar-refractivity contribution in [3.8, 4) is 0 Å². The van der Waals surface area contributed by atoms with Gasteiger partial charge in [-0.3, -0.25) is 4.79 Å². The third kappa shape index (κ3) is 3.46. The van der Waals surface area contributed by atoms with Crippen LogP contribution in [0.25, 0.3) is 0 Å². The molecule has 1 saturated heterocycles. The van der Waals surface area contributed by atoms with Gasteiger partial charge in [-0.05, 0) is 43.5 Å². The molecule has 1 aromatic rings. The van der Waals surface area contributed by atoms with Crippen molar-refractivity contribution in [1.82, 2.24) is 9.03 Å². The number of sulfonamides is 2. The molecule has 1 aliphatic carbocycles. The molecule has 0 amide bonds. The minimum atomic E-state index is -3.82. The number of carboxylic acids is 1. The monoisotopic (exact) mass is 374 g/mol. The molecule has 1 unspecified atom stereocenters. The van der Waals surface area contributed by atoms with Crippen LogP contribution in [0.4, 0.5) is 0 Å². The second kappa shape index (κ2) is 6.10. The summed E-state index contributed by atoms with van der Waals surface area (Å²) in [6.45, 7) is 0.0730. The lowest BCUT2D eigenvalue weighted by atomic mass is 10.1. The maximum atomic E-state index is 12.5. The van der Waals surface area contributed by atoms with Gasteiger partial charge in [-0.15, -0.1) is 0 Å². The second-order valence-electron chi connectivity index (χ2n) is 6.05. The SMILES string of the molecule is O=C(O)C1CCN(S(=O)(=O)c2ccc(S(=O)(=O)NC3CC3)cc2)C1. The molecule has 0 spiro atoms. The highest BCUT2D eigenvalue weighted by atomic mass is 32.2. The minimum Gasteiger partial charge on any atom is -0.481 e. The molecule has 24 heavy (non-hydrogen) atoms. The number of rotatable bonds is 6. The summed E-state index contributed by atoms with van der Waals surface area (Å²) in [5.74, 6) is -1.72. The van der Waals surface area contributed by atoms with E-state index in [4.69, 9.17) is 5.11 Å². The van der Waals surface area contributed by atoms with Crippen LogP contribution in [0.1, 0.15) is 19.3 Å². The van der Waals surface area contributed by atoms with Crippen LogP contribution in [0.2, 0.25) is 0 Å². The summed E-state index contributed by atoms with van der Waals surface area (Å²) < 4.78 is 52.8. The smallest absolute Gasteiger partial charge is 0.307 e. The predicted molar refractivity (Wildman–Crippen MR) is 84.3 cm³/mol. The second-order valence-corrected chi connectivity index (χ2v) is 9.71.